The Balaban J connectivity index is 2.29. The van der Waals surface area contributed by atoms with Gasteiger partial charge in [0.05, 0.1) is 18.1 Å². The number of nitro benzene ring substituents is 1. The molecule has 2 rings (SSSR count). The molecular formula is C13H18N2O3. The third-order valence-corrected chi connectivity index (χ3v) is 3.50. The van der Waals surface area contributed by atoms with E-state index in [4.69, 9.17) is 4.74 Å². The van der Waals surface area contributed by atoms with Crippen molar-refractivity contribution in [2.45, 2.75) is 19.8 Å². The number of nitrogens with zero attached hydrogens (tertiary/aromatic N) is 2. The molecule has 1 aliphatic rings. The lowest BCUT2D eigenvalue weighted by Crippen LogP contribution is -2.33. The van der Waals surface area contributed by atoms with Crippen molar-refractivity contribution < 1.29 is 9.66 Å². The average Bonchev–Trinajstić information content (AvgIpc) is 2.39. The highest BCUT2D eigenvalue weighted by Crippen LogP contribution is 2.34. The van der Waals surface area contributed by atoms with Crippen LogP contribution in [-0.2, 0) is 0 Å². The molecule has 1 aromatic carbocycles. The van der Waals surface area contributed by atoms with E-state index in [2.05, 4.69) is 11.8 Å². The Labute approximate surface area is 107 Å². The number of nitro groups is 1. The Bertz CT molecular complexity index is 440. The van der Waals surface area contributed by atoms with E-state index in [-0.39, 0.29) is 10.6 Å². The Hall–Kier alpha value is -1.78. The van der Waals surface area contributed by atoms with Crippen LogP contribution in [0.2, 0.25) is 0 Å². The van der Waals surface area contributed by atoms with Crippen molar-refractivity contribution in [1.29, 1.82) is 0 Å². The van der Waals surface area contributed by atoms with Gasteiger partial charge < -0.3 is 9.64 Å². The Morgan fingerprint density at radius 3 is 2.61 bits per heavy atom. The van der Waals surface area contributed by atoms with Crippen LogP contribution in [0.3, 0.4) is 0 Å². The molecule has 5 heteroatoms. The first-order valence-electron chi connectivity index (χ1n) is 6.19. The number of methoxy groups -OCH3 is 1. The van der Waals surface area contributed by atoms with Gasteiger partial charge in [0.15, 0.2) is 0 Å². The average molecular weight is 250 g/mol. The van der Waals surface area contributed by atoms with Crippen molar-refractivity contribution >= 4 is 11.4 Å². The highest BCUT2D eigenvalue weighted by Gasteiger charge is 2.23. The molecule has 0 atom stereocenters. The Morgan fingerprint density at radius 1 is 1.39 bits per heavy atom. The molecule has 98 valence electrons. The first-order chi connectivity index (χ1) is 8.61. The van der Waals surface area contributed by atoms with Crippen LogP contribution in [0, 0.1) is 16.0 Å². The number of ether oxygens (including phenoxy) is 1. The van der Waals surface area contributed by atoms with E-state index >= 15 is 0 Å². The predicted molar refractivity (Wildman–Crippen MR) is 70.3 cm³/mol. The normalized spacial score (nSPS) is 16.7. The number of benzene rings is 1. The highest BCUT2D eigenvalue weighted by molar-refractivity contribution is 5.65. The van der Waals surface area contributed by atoms with E-state index in [9.17, 15) is 10.1 Å². The third-order valence-electron chi connectivity index (χ3n) is 3.50. The lowest BCUT2D eigenvalue weighted by molar-refractivity contribution is -0.384. The van der Waals surface area contributed by atoms with Crippen molar-refractivity contribution in [3.8, 4) is 5.75 Å². The SMILES string of the molecule is COc1ccc(N2CCC(C)CC2)c([N+](=O)[O-])c1. The number of hydrogen-bond acceptors (Lipinski definition) is 4. The molecule has 0 saturated carbocycles. The van der Waals surface area contributed by atoms with Gasteiger partial charge in [-0.2, -0.15) is 0 Å². The van der Waals surface area contributed by atoms with Crippen molar-refractivity contribution in [2.75, 3.05) is 25.1 Å². The zero-order valence-corrected chi connectivity index (χ0v) is 10.8. The molecular weight excluding hydrogens is 232 g/mol. The van der Waals surface area contributed by atoms with Crippen molar-refractivity contribution in [1.82, 2.24) is 0 Å². The van der Waals surface area contributed by atoms with Gasteiger partial charge in [0, 0.05) is 13.1 Å². The largest absolute Gasteiger partial charge is 0.496 e. The molecule has 0 bridgehead atoms. The zero-order valence-electron chi connectivity index (χ0n) is 10.8. The molecule has 1 fully saturated rings. The van der Waals surface area contributed by atoms with Gasteiger partial charge in [-0.1, -0.05) is 6.92 Å². The summed E-state index contributed by atoms with van der Waals surface area (Å²) < 4.78 is 5.04. The first kappa shape index (κ1) is 12.7. The van der Waals surface area contributed by atoms with Crippen molar-refractivity contribution in [2.24, 2.45) is 5.92 Å². The topological polar surface area (TPSA) is 55.6 Å². The van der Waals surface area contributed by atoms with Crippen LogP contribution < -0.4 is 9.64 Å². The fourth-order valence-corrected chi connectivity index (χ4v) is 2.29. The summed E-state index contributed by atoms with van der Waals surface area (Å²) in [6, 6.07) is 5.06. The minimum Gasteiger partial charge on any atom is -0.496 e. The third kappa shape index (κ3) is 2.55. The maximum absolute atomic E-state index is 11.1. The quantitative estimate of drug-likeness (QED) is 0.611. The van der Waals surface area contributed by atoms with E-state index in [0.717, 1.165) is 25.9 Å². The number of rotatable bonds is 3. The van der Waals surface area contributed by atoms with Gasteiger partial charge >= 0.3 is 0 Å². The monoisotopic (exact) mass is 250 g/mol. The van der Waals surface area contributed by atoms with E-state index in [1.807, 2.05) is 0 Å². The second kappa shape index (κ2) is 5.25. The molecule has 0 amide bonds. The summed E-state index contributed by atoms with van der Waals surface area (Å²) in [5.74, 6) is 1.23. The molecule has 1 aromatic rings. The molecule has 1 saturated heterocycles. The fraction of sp³-hybridized carbons (Fsp3) is 0.538. The summed E-state index contributed by atoms with van der Waals surface area (Å²) in [6.07, 6.45) is 2.17. The van der Waals surface area contributed by atoms with Crippen LogP contribution in [0.15, 0.2) is 18.2 Å². The van der Waals surface area contributed by atoms with Gasteiger partial charge in [0.1, 0.15) is 11.4 Å². The molecule has 0 radical (unpaired) electrons. The minimum absolute atomic E-state index is 0.129. The number of hydrogen-bond donors (Lipinski definition) is 0. The lowest BCUT2D eigenvalue weighted by atomic mass is 9.98. The summed E-state index contributed by atoms with van der Waals surface area (Å²) in [6.45, 7) is 3.99. The maximum atomic E-state index is 11.1. The molecule has 0 aromatic heterocycles. The van der Waals surface area contributed by atoms with Crippen LogP contribution in [-0.4, -0.2) is 25.1 Å². The number of piperidine rings is 1. The van der Waals surface area contributed by atoms with Crippen molar-refractivity contribution in [3.63, 3.8) is 0 Å². The summed E-state index contributed by atoms with van der Waals surface area (Å²) >= 11 is 0. The van der Waals surface area contributed by atoms with Gasteiger partial charge in [-0.15, -0.1) is 0 Å². The van der Waals surface area contributed by atoms with Gasteiger partial charge in [-0.3, -0.25) is 10.1 Å². The molecule has 0 spiro atoms. The van der Waals surface area contributed by atoms with Crippen LogP contribution in [0.5, 0.6) is 5.75 Å². The predicted octanol–water partition coefficient (Wildman–Crippen LogP) is 2.84. The van der Waals surface area contributed by atoms with Crippen LogP contribution in [0.1, 0.15) is 19.8 Å². The first-order valence-corrected chi connectivity index (χ1v) is 6.19. The molecule has 0 aliphatic carbocycles. The molecule has 1 aliphatic heterocycles. The van der Waals surface area contributed by atoms with E-state index in [1.165, 1.54) is 13.2 Å². The van der Waals surface area contributed by atoms with E-state index in [1.54, 1.807) is 12.1 Å². The number of anilines is 1. The zero-order chi connectivity index (χ0) is 13.1. The van der Waals surface area contributed by atoms with Gasteiger partial charge in [-0.05, 0) is 30.9 Å². The summed E-state index contributed by atoms with van der Waals surface area (Å²) in [5.41, 5.74) is 0.830. The standard InChI is InChI=1S/C13H18N2O3/c1-10-5-7-14(8-6-10)12-4-3-11(18-2)9-13(12)15(16)17/h3-4,9-10H,5-8H2,1-2H3. The lowest BCUT2D eigenvalue weighted by Gasteiger charge is -2.31. The van der Waals surface area contributed by atoms with Gasteiger partial charge in [0.2, 0.25) is 0 Å². The van der Waals surface area contributed by atoms with Crippen LogP contribution >= 0.6 is 0 Å². The molecule has 18 heavy (non-hydrogen) atoms. The highest BCUT2D eigenvalue weighted by atomic mass is 16.6. The van der Waals surface area contributed by atoms with Crippen LogP contribution in [0.25, 0.3) is 0 Å². The summed E-state index contributed by atoms with van der Waals surface area (Å²) in [5, 5.41) is 11.1. The minimum atomic E-state index is -0.337. The second-order valence-corrected chi connectivity index (χ2v) is 4.78. The fourth-order valence-electron chi connectivity index (χ4n) is 2.29. The molecule has 5 nitrogen and oxygen atoms in total. The Morgan fingerprint density at radius 2 is 2.06 bits per heavy atom. The van der Waals surface area contributed by atoms with Crippen molar-refractivity contribution in [3.05, 3.63) is 28.3 Å². The van der Waals surface area contributed by atoms with Gasteiger partial charge in [-0.25, -0.2) is 0 Å². The molecule has 0 N–H and O–H groups in total. The smallest absolute Gasteiger partial charge is 0.296 e. The van der Waals surface area contributed by atoms with E-state index in [0.29, 0.717) is 17.4 Å². The molecule has 0 unspecified atom stereocenters. The van der Waals surface area contributed by atoms with Gasteiger partial charge in [0.25, 0.3) is 5.69 Å². The van der Waals surface area contributed by atoms with E-state index < -0.39 is 0 Å². The summed E-state index contributed by atoms with van der Waals surface area (Å²) in [4.78, 5) is 12.9. The second-order valence-electron chi connectivity index (χ2n) is 4.78. The Kier molecular flexibility index (Phi) is 3.69. The summed E-state index contributed by atoms with van der Waals surface area (Å²) in [7, 11) is 1.52. The van der Waals surface area contributed by atoms with Crippen LogP contribution in [0.4, 0.5) is 11.4 Å². The maximum Gasteiger partial charge on any atom is 0.296 e. The molecule has 1 heterocycles.